The molecule has 0 radical (unpaired) electrons. The predicted molar refractivity (Wildman–Crippen MR) is 88.0 cm³/mol. The number of carboxylic acids is 1. The van der Waals surface area contributed by atoms with Crippen molar-refractivity contribution in [3.63, 3.8) is 0 Å². The predicted octanol–water partition coefficient (Wildman–Crippen LogP) is 2.69. The molecule has 1 aliphatic rings. The number of rotatable bonds is 11. The Morgan fingerprint density at radius 2 is 2.04 bits per heavy atom. The van der Waals surface area contributed by atoms with E-state index in [1.54, 1.807) is 12.2 Å². The molecule has 0 heterocycles. The van der Waals surface area contributed by atoms with Crippen LogP contribution in [0.3, 0.4) is 0 Å². The third kappa shape index (κ3) is 7.27. The van der Waals surface area contributed by atoms with Crippen LogP contribution in [0.15, 0.2) is 12.2 Å². The number of aliphatic hydroxyl groups excluding tert-OH is 2. The van der Waals surface area contributed by atoms with Crippen molar-refractivity contribution in [3.8, 4) is 0 Å². The van der Waals surface area contributed by atoms with Crippen LogP contribution in [0.2, 0.25) is 0 Å². The summed E-state index contributed by atoms with van der Waals surface area (Å²) in [5.74, 6) is -1.29. The Bertz CT molecular complexity index is 404. The molecule has 3 N–H and O–H groups in total. The highest BCUT2D eigenvalue weighted by Crippen LogP contribution is 2.34. The highest BCUT2D eigenvalue weighted by Gasteiger charge is 2.39. The van der Waals surface area contributed by atoms with Gasteiger partial charge in [0, 0.05) is 24.7 Å². The first-order chi connectivity index (χ1) is 11.0. The van der Waals surface area contributed by atoms with E-state index in [2.05, 4.69) is 6.92 Å². The molecule has 0 aliphatic heterocycles. The van der Waals surface area contributed by atoms with Crippen LogP contribution < -0.4 is 0 Å². The summed E-state index contributed by atoms with van der Waals surface area (Å²) < 4.78 is 0. The lowest BCUT2D eigenvalue weighted by atomic mass is 9.88. The number of carbonyl (C=O) groups excluding carboxylic acids is 1. The van der Waals surface area contributed by atoms with Crippen LogP contribution in [0.5, 0.6) is 0 Å². The lowest BCUT2D eigenvalue weighted by Crippen LogP contribution is -2.19. The molecule has 0 saturated heterocycles. The Morgan fingerprint density at radius 1 is 1.30 bits per heavy atom. The first-order valence-corrected chi connectivity index (χ1v) is 8.74. The van der Waals surface area contributed by atoms with Crippen LogP contribution >= 0.6 is 0 Å². The summed E-state index contributed by atoms with van der Waals surface area (Å²) in [6.45, 7) is 2.11. The normalized spacial score (nSPS) is 26.0. The van der Waals surface area contributed by atoms with E-state index in [9.17, 15) is 19.8 Å². The van der Waals surface area contributed by atoms with Crippen molar-refractivity contribution in [3.05, 3.63) is 12.2 Å². The van der Waals surface area contributed by atoms with Crippen LogP contribution in [-0.2, 0) is 9.59 Å². The molecule has 0 aromatic heterocycles. The zero-order valence-corrected chi connectivity index (χ0v) is 14.0. The van der Waals surface area contributed by atoms with E-state index in [0.717, 1.165) is 19.3 Å². The average molecular weight is 326 g/mol. The summed E-state index contributed by atoms with van der Waals surface area (Å²) in [6.07, 6.45) is 8.20. The molecule has 1 rings (SSSR count). The Morgan fingerprint density at radius 3 is 2.70 bits per heavy atom. The number of carboxylic acid groups (broad SMARTS) is 1. The molecule has 132 valence electrons. The summed E-state index contributed by atoms with van der Waals surface area (Å²) >= 11 is 0. The van der Waals surface area contributed by atoms with Crippen molar-refractivity contribution >= 4 is 11.8 Å². The van der Waals surface area contributed by atoms with Gasteiger partial charge in [-0.2, -0.15) is 0 Å². The smallest absolute Gasteiger partial charge is 0.303 e. The fraction of sp³-hybridized carbons (Fsp3) is 0.778. The van der Waals surface area contributed by atoms with Crippen molar-refractivity contribution in [2.75, 3.05) is 0 Å². The summed E-state index contributed by atoms with van der Waals surface area (Å²) in [7, 11) is 0. The average Bonchev–Trinajstić information content (AvgIpc) is 2.75. The Labute approximate surface area is 138 Å². The maximum atomic E-state index is 12.0. The Balaban J connectivity index is 2.48. The first-order valence-electron chi connectivity index (χ1n) is 8.74. The number of aliphatic carboxylic acids is 1. The van der Waals surface area contributed by atoms with Gasteiger partial charge in [-0.1, -0.05) is 44.8 Å². The molecule has 0 aromatic rings. The molecule has 1 saturated carbocycles. The van der Waals surface area contributed by atoms with E-state index in [4.69, 9.17) is 5.11 Å². The second kappa shape index (κ2) is 10.6. The largest absolute Gasteiger partial charge is 0.481 e. The lowest BCUT2D eigenvalue weighted by molar-refractivity contribution is -0.137. The van der Waals surface area contributed by atoms with E-state index in [1.807, 2.05) is 0 Å². The van der Waals surface area contributed by atoms with Crippen LogP contribution in [0, 0.1) is 11.8 Å². The second-order valence-electron chi connectivity index (χ2n) is 6.51. The molecule has 3 unspecified atom stereocenters. The minimum Gasteiger partial charge on any atom is -0.481 e. The van der Waals surface area contributed by atoms with Crippen LogP contribution in [0.4, 0.5) is 0 Å². The SMILES string of the molecule is CCCCCC(O)/C=C/[C@H]1C(O)CC(=O)C1CCCCC(=O)O. The van der Waals surface area contributed by atoms with Gasteiger partial charge in [0.05, 0.1) is 12.2 Å². The number of ketones is 1. The monoisotopic (exact) mass is 326 g/mol. The van der Waals surface area contributed by atoms with Crippen molar-refractivity contribution in [2.24, 2.45) is 11.8 Å². The van der Waals surface area contributed by atoms with Gasteiger partial charge in [-0.15, -0.1) is 0 Å². The minimum atomic E-state index is -0.825. The summed E-state index contributed by atoms with van der Waals surface area (Å²) in [5, 5.41) is 28.6. The number of carbonyl (C=O) groups is 2. The molecule has 4 atom stereocenters. The molecular weight excluding hydrogens is 296 g/mol. The quantitative estimate of drug-likeness (QED) is 0.401. The number of unbranched alkanes of at least 4 members (excludes halogenated alkanes) is 3. The molecule has 23 heavy (non-hydrogen) atoms. The van der Waals surface area contributed by atoms with E-state index in [0.29, 0.717) is 25.7 Å². The number of hydrogen-bond donors (Lipinski definition) is 3. The Kier molecular flexibility index (Phi) is 9.10. The zero-order chi connectivity index (χ0) is 17.2. The molecule has 0 amide bonds. The van der Waals surface area contributed by atoms with Gasteiger partial charge in [-0.25, -0.2) is 0 Å². The van der Waals surface area contributed by atoms with Gasteiger partial charge in [0.25, 0.3) is 0 Å². The topological polar surface area (TPSA) is 94.8 Å². The number of hydrogen-bond acceptors (Lipinski definition) is 4. The Hall–Kier alpha value is -1.20. The minimum absolute atomic E-state index is 0.0444. The van der Waals surface area contributed by atoms with Crippen molar-refractivity contribution in [1.82, 2.24) is 0 Å². The van der Waals surface area contributed by atoms with Gasteiger partial charge in [-0.05, 0) is 19.3 Å². The van der Waals surface area contributed by atoms with Crippen molar-refractivity contribution in [1.29, 1.82) is 0 Å². The third-order valence-corrected chi connectivity index (χ3v) is 4.55. The van der Waals surface area contributed by atoms with Gasteiger partial charge in [0.2, 0.25) is 0 Å². The van der Waals surface area contributed by atoms with E-state index >= 15 is 0 Å². The molecule has 1 fully saturated rings. The van der Waals surface area contributed by atoms with Gasteiger partial charge < -0.3 is 15.3 Å². The molecule has 0 spiro atoms. The first kappa shape index (κ1) is 19.8. The summed E-state index contributed by atoms with van der Waals surface area (Å²) in [4.78, 5) is 22.5. The molecule has 5 nitrogen and oxygen atoms in total. The summed E-state index contributed by atoms with van der Waals surface area (Å²) in [5.41, 5.74) is 0. The van der Waals surface area contributed by atoms with Gasteiger partial charge >= 0.3 is 5.97 Å². The second-order valence-corrected chi connectivity index (χ2v) is 6.51. The highest BCUT2D eigenvalue weighted by molar-refractivity contribution is 5.84. The van der Waals surface area contributed by atoms with Crippen molar-refractivity contribution < 1.29 is 24.9 Å². The number of Topliss-reactive ketones (excluding diaryl/α,β-unsaturated/α-hetero) is 1. The molecule has 5 heteroatoms. The molecule has 0 aromatic carbocycles. The maximum absolute atomic E-state index is 12.0. The van der Waals surface area contributed by atoms with Gasteiger partial charge in [-0.3, -0.25) is 9.59 Å². The van der Waals surface area contributed by atoms with Gasteiger partial charge in [0.15, 0.2) is 0 Å². The maximum Gasteiger partial charge on any atom is 0.303 e. The molecule has 1 aliphatic carbocycles. The van der Waals surface area contributed by atoms with E-state index < -0.39 is 18.2 Å². The van der Waals surface area contributed by atoms with E-state index in [-0.39, 0.29) is 30.5 Å². The van der Waals surface area contributed by atoms with Crippen LogP contribution in [0.1, 0.15) is 64.7 Å². The fourth-order valence-corrected chi connectivity index (χ4v) is 3.19. The lowest BCUT2D eigenvalue weighted by Gasteiger charge is -2.18. The van der Waals surface area contributed by atoms with Gasteiger partial charge in [0.1, 0.15) is 5.78 Å². The fourth-order valence-electron chi connectivity index (χ4n) is 3.19. The zero-order valence-electron chi connectivity index (χ0n) is 14.0. The molecular formula is C18H30O5. The van der Waals surface area contributed by atoms with E-state index in [1.165, 1.54) is 0 Å². The third-order valence-electron chi connectivity index (χ3n) is 4.55. The van der Waals surface area contributed by atoms with Crippen LogP contribution in [0.25, 0.3) is 0 Å². The number of aliphatic hydroxyl groups is 2. The van der Waals surface area contributed by atoms with Crippen LogP contribution in [-0.4, -0.2) is 39.3 Å². The summed E-state index contributed by atoms with van der Waals surface area (Å²) in [6, 6.07) is 0. The standard InChI is InChI=1S/C18H30O5/c1-2-3-4-7-13(19)10-11-15-14(16(20)12-17(15)21)8-5-6-9-18(22)23/h10-11,13-15,17,19,21H,2-9,12H2,1H3,(H,22,23)/b11-10+/t13?,14?,15-,17?/m1/s1. The molecule has 0 bridgehead atoms. The van der Waals surface area contributed by atoms with Crippen molar-refractivity contribution in [2.45, 2.75) is 76.9 Å². The highest BCUT2D eigenvalue weighted by atomic mass is 16.4.